The van der Waals surface area contributed by atoms with E-state index in [9.17, 15) is 4.79 Å². The van der Waals surface area contributed by atoms with Crippen molar-refractivity contribution in [2.75, 3.05) is 11.9 Å². The van der Waals surface area contributed by atoms with E-state index in [0.717, 1.165) is 0 Å². The Labute approximate surface area is 63.0 Å². The smallest absolute Gasteiger partial charge is 0.330 e. The molecule has 0 atom stereocenters. The first-order valence-corrected chi connectivity index (χ1v) is 3.82. The summed E-state index contributed by atoms with van der Waals surface area (Å²) >= 11 is 3.13. The van der Waals surface area contributed by atoms with Crippen LogP contribution in [0.1, 0.15) is 6.92 Å². The molecule has 0 radical (unpaired) electrons. The summed E-state index contributed by atoms with van der Waals surface area (Å²) in [6.45, 7) is 2.21. The molecule has 0 heterocycles. The average molecular weight is 193 g/mol. The number of carbonyl (C=O) groups excluding carboxylic acids is 1. The molecule has 0 bridgehead atoms. The lowest BCUT2D eigenvalue weighted by molar-refractivity contribution is -0.137. The van der Waals surface area contributed by atoms with E-state index in [0.29, 0.717) is 11.9 Å². The molecule has 0 unspecified atom stereocenters. The summed E-state index contributed by atoms with van der Waals surface area (Å²) in [5.41, 5.74) is 0. The number of rotatable bonds is 3. The third-order valence-electron chi connectivity index (χ3n) is 0.630. The second kappa shape index (κ2) is 5.82. The Balaban J connectivity index is 3.37. The molecule has 52 valence electrons. The highest BCUT2D eigenvalue weighted by Crippen LogP contribution is 1.84. The fourth-order valence-electron chi connectivity index (χ4n) is 0.331. The predicted molar refractivity (Wildman–Crippen MR) is 39.6 cm³/mol. The number of hydrogen-bond donors (Lipinski definition) is 0. The maximum Gasteiger partial charge on any atom is 0.330 e. The van der Waals surface area contributed by atoms with Crippen LogP contribution in [0.25, 0.3) is 0 Å². The van der Waals surface area contributed by atoms with Crippen LogP contribution in [0.5, 0.6) is 0 Å². The molecule has 0 aromatic rings. The molecule has 0 saturated heterocycles. The molecule has 2 nitrogen and oxygen atoms in total. The molecule has 9 heavy (non-hydrogen) atoms. The molecule has 0 amide bonds. The monoisotopic (exact) mass is 192 g/mol. The van der Waals surface area contributed by atoms with Crippen LogP contribution in [0.3, 0.4) is 0 Å². The van der Waals surface area contributed by atoms with Gasteiger partial charge in [-0.05, 0) is 6.92 Å². The van der Waals surface area contributed by atoms with Gasteiger partial charge < -0.3 is 4.74 Å². The standard InChI is InChI=1S/C6H9BrO2/c1-2-9-6(8)4-3-5-7/h3-4H,2,5H2,1H3. The van der Waals surface area contributed by atoms with Gasteiger partial charge in [0, 0.05) is 11.4 Å². The number of carbonyl (C=O) groups is 1. The average Bonchev–Trinajstić information content (AvgIpc) is 1.85. The number of ether oxygens (including phenoxy) is 1. The summed E-state index contributed by atoms with van der Waals surface area (Å²) in [6, 6.07) is 0. The van der Waals surface area contributed by atoms with Crippen LogP contribution >= 0.6 is 15.9 Å². The largest absolute Gasteiger partial charge is 0.463 e. The minimum Gasteiger partial charge on any atom is -0.463 e. The molecule has 0 rings (SSSR count). The zero-order valence-electron chi connectivity index (χ0n) is 5.26. The Morgan fingerprint density at radius 2 is 2.44 bits per heavy atom. The highest BCUT2D eigenvalue weighted by atomic mass is 79.9. The molecule has 0 N–H and O–H groups in total. The first-order valence-electron chi connectivity index (χ1n) is 2.70. The SMILES string of the molecule is CCOC(=O)C=CCBr. The molecule has 0 aromatic heterocycles. The van der Waals surface area contributed by atoms with Crippen molar-refractivity contribution >= 4 is 21.9 Å². The van der Waals surface area contributed by atoms with E-state index in [2.05, 4.69) is 20.7 Å². The molecular formula is C6H9BrO2. The van der Waals surface area contributed by atoms with Crippen molar-refractivity contribution in [3.63, 3.8) is 0 Å². The summed E-state index contributed by atoms with van der Waals surface area (Å²) in [6.07, 6.45) is 3.09. The molecule has 0 saturated carbocycles. The minimum atomic E-state index is -0.281. The molecule has 0 fully saturated rings. The van der Waals surface area contributed by atoms with Crippen LogP contribution in [0.2, 0.25) is 0 Å². The lowest BCUT2D eigenvalue weighted by Gasteiger charge is -1.92. The van der Waals surface area contributed by atoms with E-state index in [1.807, 2.05) is 0 Å². The molecule has 3 heteroatoms. The van der Waals surface area contributed by atoms with Crippen molar-refractivity contribution in [2.45, 2.75) is 6.92 Å². The van der Waals surface area contributed by atoms with Gasteiger partial charge in [-0.25, -0.2) is 4.79 Å². The van der Waals surface area contributed by atoms with Crippen LogP contribution in [-0.4, -0.2) is 17.9 Å². The van der Waals surface area contributed by atoms with Crippen molar-refractivity contribution in [1.82, 2.24) is 0 Å². The van der Waals surface area contributed by atoms with Crippen LogP contribution in [0, 0.1) is 0 Å². The van der Waals surface area contributed by atoms with Gasteiger partial charge in [0.2, 0.25) is 0 Å². The van der Waals surface area contributed by atoms with Gasteiger partial charge in [0.15, 0.2) is 0 Å². The highest BCUT2D eigenvalue weighted by Gasteiger charge is 1.89. The van der Waals surface area contributed by atoms with Crippen LogP contribution < -0.4 is 0 Å². The van der Waals surface area contributed by atoms with Crippen molar-refractivity contribution < 1.29 is 9.53 Å². The first kappa shape index (κ1) is 8.69. The maximum atomic E-state index is 10.5. The zero-order chi connectivity index (χ0) is 7.11. The van der Waals surface area contributed by atoms with Gasteiger partial charge in [-0.1, -0.05) is 22.0 Å². The van der Waals surface area contributed by atoms with E-state index in [1.54, 1.807) is 13.0 Å². The highest BCUT2D eigenvalue weighted by molar-refractivity contribution is 9.09. The lowest BCUT2D eigenvalue weighted by atomic mass is 10.5. The van der Waals surface area contributed by atoms with Crippen molar-refractivity contribution in [2.24, 2.45) is 0 Å². The van der Waals surface area contributed by atoms with Crippen molar-refractivity contribution in [1.29, 1.82) is 0 Å². The topological polar surface area (TPSA) is 26.3 Å². The molecular weight excluding hydrogens is 184 g/mol. The third kappa shape index (κ3) is 5.56. The van der Waals surface area contributed by atoms with E-state index in [4.69, 9.17) is 0 Å². The minimum absolute atomic E-state index is 0.281. The zero-order valence-corrected chi connectivity index (χ0v) is 6.85. The molecule has 0 aliphatic carbocycles. The number of hydrogen-bond acceptors (Lipinski definition) is 2. The summed E-state index contributed by atoms with van der Waals surface area (Å²) in [5.74, 6) is -0.281. The Morgan fingerprint density at radius 3 is 2.89 bits per heavy atom. The fraction of sp³-hybridized carbons (Fsp3) is 0.500. The number of allylic oxidation sites excluding steroid dienone is 1. The van der Waals surface area contributed by atoms with Gasteiger partial charge in [0.05, 0.1) is 6.61 Å². The van der Waals surface area contributed by atoms with E-state index >= 15 is 0 Å². The summed E-state index contributed by atoms with van der Waals surface area (Å²) in [7, 11) is 0. The van der Waals surface area contributed by atoms with E-state index < -0.39 is 0 Å². The molecule has 0 aliphatic heterocycles. The second-order valence-corrected chi connectivity index (χ2v) is 1.96. The van der Waals surface area contributed by atoms with E-state index in [1.165, 1.54) is 6.08 Å². The van der Waals surface area contributed by atoms with Gasteiger partial charge in [-0.3, -0.25) is 0 Å². The Bertz CT molecular complexity index is 110. The van der Waals surface area contributed by atoms with Gasteiger partial charge in [0.25, 0.3) is 0 Å². The maximum absolute atomic E-state index is 10.5. The van der Waals surface area contributed by atoms with Crippen LogP contribution in [0.4, 0.5) is 0 Å². The predicted octanol–water partition coefficient (Wildman–Crippen LogP) is 1.50. The van der Waals surface area contributed by atoms with Gasteiger partial charge in [-0.15, -0.1) is 0 Å². The molecule has 0 aromatic carbocycles. The summed E-state index contributed by atoms with van der Waals surface area (Å²) < 4.78 is 4.60. The second-order valence-electron chi connectivity index (χ2n) is 1.31. The van der Waals surface area contributed by atoms with Crippen molar-refractivity contribution in [3.8, 4) is 0 Å². The van der Waals surface area contributed by atoms with Crippen LogP contribution in [-0.2, 0) is 9.53 Å². The Hall–Kier alpha value is -0.310. The fourth-order valence-corrected chi connectivity index (χ4v) is 0.518. The summed E-state index contributed by atoms with van der Waals surface area (Å²) in [4.78, 5) is 10.5. The van der Waals surface area contributed by atoms with Gasteiger partial charge in [-0.2, -0.15) is 0 Å². The molecule has 0 aliphatic rings. The van der Waals surface area contributed by atoms with Gasteiger partial charge in [0.1, 0.15) is 0 Å². The van der Waals surface area contributed by atoms with Gasteiger partial charge >= 0.3 is 5.97 Å². The number of halogens is 1. The number of alkyl halides is 1. The van der Waals surface area contributed by atoms with E-state index in [-0.39, 0.29) is 5.97 Å². The Kier molecular flexibility index (Phi) is 5.62. The lowest BCUT2D eigenvalue weighted by Crippen LogP contribution is -1.98. The van der Waals surface area contributed by atoms with Crippen molar-refractivity contribution in [3.05, 3.63) is 12.2 Å². The number of esters is 1. The summed E-state index contributed by atoms with van der Waals surface area (Å²) in [5, 5.41) is 0.686. The quantitative estimate of drug-likeness (QED) is 0.385. The van der Waals surface area contributed by atoms with Crippen LogP contribution in [0.15, 0.2) is 12.2 Å². The Morgan fingerprint density at radius 1 is 1.78 bits per heavy atom. The molecule has 0 spiro atoms. The first-order chi connectivity index (χ1) is 4.31. The third-order valence-corrected chi connectivity index (χ3v) is 1.00. The normalized spacial score (nSPS) is 10.0.